The molecular formula is C11H12BrClO3. The SMILES string of the molecule is CC(CC(O)c1cc(Cl)ccc1Br)C(=O)O. The number of hydrogen-bond acceptors (Lipinski definition) is 2. The van der Waals surface area contributed by atoms with Crippen molar-refractivity contribution in [2.24, 2.45) is 5.92 Å². The third kappa shape index (κ3) is 3.47. The van der Waals surface area contributed by atoms with E-state index in [1.807, 2.05) is 0 Å². The molecule has 0 aliphatic heterocycles. The average Bonchev–Trinajstić information content (AvgIpc) is 2.21. The molecule has 0 aromatic heterocycles. The minimum atomic E-state index is -0.919. The lowest BCUT2D eigenvalue weighted by molar-refractivity contribution is -0.142. The van der Waals surface area contributed by atoms with Crippen molar-refractivity contribution in [3.8, 4) is 0 Å². The number of benzene rings is 1. The summed E-state index contributed by atoms with van der Waals surface area (Å²) in [5.41, 5.74) is 0.612. The zero-order valence-electron chi connectivity index (χ0n) is 8.65. The first kappa shape index (κ1) is 13.5. The van der Waals surface area contributed by atoms with Crippen molar-refractivity contribution in [2.45, 2.75) is 19.4 Å². The normalized spacial score (nSPS) is 14.5. The van der Waals surface area contributed by atoms with Crippen LogP contribution in [-0.2, 0) is 4.79 Å². The Morgan fingerprint density at radius 3 is 2.75 bits per heavy atom. The zero-order valence-corrected chi connectivity index (χ0v) is 11.0. The summed E-state index contributed by atoms with van der Waals surface area (Å²) < 4.78 is 0.724. The summed E-state index contributed by atoms with van der Waals surface area (Å²) in [7, 11) is 0. The highest BCUT2D eigenvalue weighted by Crippen LogP contribution is 2.30. The van der Waals surface area contributed by atoms with Crippen LogP contribution in [0.2, 0.25) is 5.02 Å². The number of aliphatic carboxylic acids is 1. The first-order valence-corrected chi connectivity index (χ1v) is 5.94. The Bertz CT molecular complexity index is 395. The lowest BCUT2D eigenvalue weighted by atomic mass is 9.98. The largest absolute Gasteiger partial charge is 0.481 e. The zero-order chi connectivity index (χ0) is 12.3. The summed E-state index contributed by atoms with van der Waals surface area (Å²) >= 11 is 9.10. The van der Waals surface area contributed by atoms with Gasteiger partial charge in [-0.1, -0.05) is 34.5 Å². The van der Waals surface area contributed by atoms with Gasteiger partial charge in [0.2, 0.25) is 0 Å². The van der Waals surface area contributed by atoms with E-state index in [1.54, 1.807) is 25.1 Å². The van der Waals surface area contributed by atoms with Crippen LogP contribution in [-0.4, -0.2) is 16.2 Å². The quantitative estimate of drug-likeness (QED) is 0.898. The van der Waals surface area contributed by atoms with Crippen LogP contribution < -0.4 is 0 Å². The van der Waals surface area contributed by atoms with Crippen LogP contribution in [0.15, 0.2) is 22.7 Å². The predicted octanol–water partition coefficient (Wildman–Crippen LogP) is 3.25. The maximum absolute atomic E-state index is 10.7. The summed E-state index contributed by atoms with van der Waals surface area (Å²) in [4.78, 5) is 10.7. The summed E-state index contributed by atoms with van der Waals surface area (Å²) in [5, 5.41) is 19.2. The molecule has 0 bridgehead atoms. The maximum Gasteiger partial charge on any atom is 0.306 e. The van der Waals surface area contributed by atoms with Crippen molar-refractivity contribution in [2.75, 3.05) is 0 Å². The molecule has 0 spiro atoms. The topological polar surface area (TPSA) is 57.5 Å². The van der Waals surface area contributed by atoms with E-state index in [0.717, 1.165) is 4.47 Å². The highest BCUT2D eigenvalue weighted by atomic mass is 79.9. The summed E-state index contributed by atoms with van der Waals surface area (Å²) in [5.74, 6) is -1.52. The minimum absolute atomic E-state index is 0.161. The maximum atomic E-state index is 10.7. The molecule has 0 radical (unpaired) electrons. The number of hydrogen-bond donors (Lipinski definition) is 2. The van der Waals surface area contributed by atoms with Crippen LogP contribution in [0.5, 0.6) is 0 Å². The number of rotatable bonds is 4. The molecule has 3 nitrogen and oxygen atoms in total. The van der Waals surface area contributed by atoms with Crippen LogP contribution in [0, 0.1) is 5.92 Å². The Morgan fingerprint density at radius 2 is 2.19 bits per heavy atom. The lowest BCUT2D eigenvalue weighted by Gasteiger charge is -2.15. The van der Waals surface area contributed by atoms with Crippen molar-refractivity contribution in [3.05, 3.63) is 33.3 Å². The number of aliphatic hydroxyl groups excluding tert-OH is 1. The van der Waals surface area contributed by atoms with Gasteiger partial charge < -0.3 is 10.2 Å². The number of aliphatic hydroxyl groups is 1. The highest BCUT2D eigenvalue weighted by Gasteiger charge is 2.19. The second-order valence-corrected chi connectivity index (χ2v) is 4.95. The van der Waals surface area contributed by atoms with E-state index in [-0.39, 0.29) is 6.42 Å². The molecule has 88 valence electrons. The standard InChI is InChI=1S/C11H12BrClO3/c1-6(11(15)16)4-10(14)8-5-7(13)2-3-9(8)12/h2-3,5-6,10,14H,4H2,1H3,(H,15,16). The summed E-state index contributed by atoms with van der Waals surface area (Å²) in [6, 6.07) is 5.06. The van der Waals surface area contributed by atoms with Gasteiger partial charge in [0.05, 0.1) is 12.0 Å². The monoisotopic (exact) mass is 306 g/mol. The lowest BCUT2D eigenvalue weighted by Crippen LogP contribution is -2.13. The predicted molar refractivity (Wildman–Crippen MR) is 65.5 cm³/mol. The van der Waals surface area contributed by atoms with Crippen LogP contribution in [0.1, 0.15) is 25.0 Å². The molecule has 1 aromatic rings. The first-order valence-electron chi connectivity index (χ1n) is 4.77. The fourth-order valence-corrected chi connectivity index (χ4v) is 2.02. The average molecular weight is 308 g/mol. The van der Waals surface area contributed by atoms with Gasteiger partial charge in [-0.05, 0) is 30.2 Å². The van der Waals surface area contributed by atoms with E-state index in [9.17, 15) is 9.90 Å². The molecule has 5 heteroatoms. The van der Waals surface area contributed by atoms with Gasteiger partial charge in [-0.15, -0.1) is 0 Å². The smallest absolute Gasteiger partial charge is 0.306 e. The molecule has 1 aromatic carbocycles. The Hall–Kier alpha value is -0.580. The fourth-order valence-electron chi connectivity index (χ4n) is 1.33. The molecule has 0 saturated carbocycles. The Balaban J connectivity index is 2.83. The number of carboxylic acid groups (broad SMARTS) is 1. The van der Waals surface area contributed by atoms with Crippen molar-refractivity contribution >= 4 is 33.5 Å². The van der Waals surface area contributed by atoms with E-state index in [1.165, 1.54) is 0 Å². The van der Waals surface area contributed by atoms with Gasteiger partial charge >= 0.3 is 5.97 Å². The highest BCUT2D eigenvalue weighted by molar-refractivity contribution is 9.10. The fraction of sp³-hybridized carbons (Fsp3) is 0.364. The molecule has 0 fully saturated rings. The second-order valence-electron chi connectivity index (χ2n) is 3.66. The van der Waals surface area contributed by atoms with Crippen LogP contribution in [0.3, 0.4) is 0 Å². The molecule has 2 atom stereocenters. The Kier molecular flexibility index (Phi) is 4.77. The van der Waals surface area contributed by atoms with E-state index >= 15 is 0 Å². The van der Waals surface area contributed by atoms with Gasteiger partial charge in [-0.25, -0.2) is 0 Å². The van der Waals surface area contributed by atoms with Crippen molar-refractivity contribution in [1.29, 1.82) is 0 Å². The van der Waals surface area contributed by atoms with Crippen LogP contribution in [0.4, 0.5) is 0 Å². The summed E-state index contributed by atoms with van der Waals surface area (Å²) in [6.07, 6.45) is -0.673. The molecule has 0 aliphatic rings. The number of carbonyl (C=O) groups is 1. The second kappa shape index (κ2) is 5.66. The van der Waals surface area contributed by atoms with Crippen molar-refractivity contribution in [3.63, 3.8) is 0 Å². The van der Waals surface area contributed by atoms with E-state index in [4.69, 9.17) is 16.7 Å². The molecule has 2 unspecified atom stereocenters. The molecule has 16 heavy (non-hydrogen) atoms. The molecule has 0 saturated heterocycles. The number of carboxylic acids is 1. The molecule has 0 amide bonds. The van der Waals surface area contributed by atoms with Gasteiger partial charge in [0.1, 0.15) is 0 Å². The third-order valence-electron chi connectivity index (χ3n) is 2.32. The van der Waals surface area contributed by atoms with Gasteiger partial charge in [0, 0.05) is 9.50 Å². The third-order valence-corrected chi connectivity index (χ3v) is 3.27. The molecule has 1 rings (SSSR count). The van der Waals surface area contributed by atoms with E-state index < -0.39 is 18.0 Å². The van der Waals surface area contributed by atoms with Gasteiger partial charge in [0.15, 0.2) is 0 Å². The van der Waals surface area contributed by atoms with E-state index in [2.05, 4.69) is 15.9 Å². The van der Waals surface area contributed by atoms with Crippen LogP contribution >= 0.6 is 27.5 Å². The van der Waals surface area contributed by atoms with Gasteiger partial charge in [-0.2, -0.15) is 0 Å². The summed E-state index contributed by atoms with van der Waals surface area (Å²) in [6.45, 7) is 1.56. The molecule has 0 heterocycles. The molecule has 0 aliphatic carbocycles. The van der Waals surface area contributed by atoms with Crippen LogP contribution in [0.25, 0.3) is 0 Å². The van der Waals surface area contributed by atoms with Crippen molar-refractivity contribution in [1.82, 2.24) is 0 Å². The minimum Gasteiger partial charge on any atom is -0.481 e. The first-order chi connectivity index (χ1) is 7.41. The Morgan fingerprint density at radius 1 is 1.56 bits per heavy atom. The van der Waals surface area contributed by atoms with Crippen molar-refractivity contribution < 1.29 is 15.0 Å². The van der Waals surface area contributed by atoms with E-state index in [0.29, 0.717) is 10.6 Å². The molecule has 2 N–H and O–H groups in total. The van der Waals surface area contributed by atoms with Gasteiger partial charge in [-0.3, -0.25) is 4.79 Å². The molecular weight excluding hydrogens is 295 g/mol. The van der Waals surface area contributed by atoms with Gasteiger partial charge in [0.25, 0.3) is 0 Å². The Labute approximate surface area is 107 Å². The number of halogens is 2.